The number of amides is 5. The number of nitrogens with one attached hydrogen (secondary N) is 3. The van der Waals surface area contributed by atoms with E-state index in [1.54, 1.807) is 47.6 Å². The molecular formula is C65H85B2N7O17. The molecule has 5 aliphatic heterocycles. The molecule has 3 aromatic rings. The Morgan fingerprint density at radius 1 is 0.714 bits per heavy atom. The molecule has 5 N–H and O–H groups in total. The maximum absolute atomic E-state index is 14.5. The fraction of sp³-hybridized carbons (Fsp3) is 0.523. The van der Waals surface area contributed by atoms with Crippen LogP contribution in [-0.2, 0) is 56.0 Å². The molecule has 488 valence electrons. The summed E-state index contributed by atoms with van der Waals surface area (Å²) in [6, 6.07) is 11.8. The highest BCUT2D eigenvalue weighted by Gasteiger charge is 2.48. The van der Waals surface area contributed by atoms with Gasteiger partial charge in [0.2, 0.25) is 11.8 Å². The number of terminal acetylenes is 1. The lowest BCUT2D eigenvalue weighted by Crippen LogP contribution is -2.56. The van der Waals surface area contributed by atoms with Crippen LogP contribution in [0.4, 0.5) is 16.2 Å². The van der Waals surface area contributed by atoms with Gasteiger partial charge in [0.1, 0.15) is 25.2 Å². The number of alkyl carbamates (subject to hydrolysis) is 1. The van der Waals surface area contributed by atoms with Gasteiger partial charge in [-0.3, -0.25) is 19.2 Å². The summed E-state index contributed by atoms with van der Waals surface area (Å²) in [7, 11) is -0.498. The van der Waals surface area contributed by atoms with Crippen LogP contribution >= 0.6 is 0 Å². The Morgan fingerprint density at radius 2 is 1.31 bits per heavy atom. The van der Waals surface area contributed by atoms with Crippen molar-refractivity contribution in [2.45, 2.75) is 116 Å². The predicted octanol–water partition coefficient (Wildman–Crippen LogP) is 4.61. The molecule has 5 amide bonds. The van der Waals surface area contributed by atoms with E-state index >= 15 is 0 Å². The number of hydrogen-bond donors (Lipinski definition) is 5. The molecule has 1 unspecified atom stereocenters. The molecule has 0 bridgehead atoms. The molecule has 0 aliphatic carbocycles. The van der Waals surface area contributed by atoms with Crippen LogP contribution in [0.3, 0.4) is 0 Å². The van der Waals surface area contributed by atoms with Crippen molar-refractivity contribution in [3.63, 3.8) is 0 Å². The monoisotopic (exact) mass is 1260 g/mol. The van der Waals surface area contributed by atoms with Gasteiger partial charge in [-0.15, -0.1) is 6.42 Å². The van der Waals surface area contributed by atoms with E-state index in [0.717, 1.165) is 29.6 Å². The van der Waals surface area contributed by atoms with Crippen molar-refractivity contribution in [3.8, 4) is 41.4 Å². The first-order valence-corrected chi connectivity index (χ1v) is 31.0. The van der Waals surface area contributed by atoms with Crippen molar-refractivity contribution in [2.24, 2.45) is 0 Å². The third-order valence-electron chi connectivity index (χ3n) is 16.0. The summed E-state index contributed by atoms with van der Waals surface area (Å²) in [6.07, 6.45) is 6.96. The van der Waals surface area contributed by atoms with Gasteiger partial charge in [0.15, 0.2) is 24.4 Å². The number of anilines is 2. The standard InChI is InChI=1S/C65H85B2N7O17/c1-9-20-88-65(79)70-18-15-59(75)69-19-23-84-25-27-86-29-28-85-26-24-83-22-16-60(76)68-17-12-13-47-33-48(35-49(34-47)42-90-58-38-53-51(36-57(58)82-8)63(78)71-39-43(2)30-52(71)46(5)73(53)66(6)80)41-89-56-37-54-50(32-45(56)4)62(77)72-40-44(3)31-55(72)64(74(54)67(7)81)91-61-14-10-11-21-87-61/h1,32-38,46,52,55,61,64,80-81H,2-3,10-11,14-31,39-42H2,4-8H3,(H,68,76)(H,69,75)(H,70,79)/t46-,52-,55-,61?,64-/m0/s1. The molecular weight excluding hydrogens is 1170 g/mol. The zero-order chi connectivity index (χ0) is 65.0. The maximum atomic E-state index is 14.5. The zero-order valence-corrected chi connectivity index (χ0v) is 52.9. The van der Waals surface area contributed by atoms with Crippen LogP contribution < -0.4 is 39.8 Å². The average Bonchev–Trinajstić information content (AvgIpc) is 1.64. The van der Waals surface area contributed by atoms with Crippen molar-refractivity contribution in [1.82, 2.24) is 25.8 Å². The predicted molar refractivity (Wildman–Crippen MR) is 341 cm³/mol. The van der Waals surface area contributed by atoms with Gasteiger partial charge in [-0.2, -0.15) is 0 Å². The molecule has 8 rings (SSSR count). The second-order valence-corrected chi connectivity index (χ2v) is 22.9. The van der Waals surface area contributed by atoms with Gasteiger partial charge in [-0.1, -0.05) is 42.1 Å². The van der Waals surface area contributed by atoms with E-state index in [0.29, 0.717) is 142 Å². The molecule has 24 nitrogen and oxygen atoms in total. The van der Waals surface area contributed by atoms with E-state index in [1.165, 1.54) is 7.11 Å². The number of benzene rings is 3. The first-order valence-electron chi connectivity index (χ1n) is 31.0. The Bertz CT molecular complexity index is 3180. The highest BCUT2D eigenvalue weighted by Crippen LogP contribution is 2.44. The summed E-state index contributed by atoms with van der Waals surface area (Å²) in [5.74, 6) is 8.72. The zero-order valence-electron chi connectivity index (χ0n) is 52.9. The van der Waals surface area contributed by atoms with Crippen LogP contribution in [0.1, 0.15) is 94.8 Å². The fourth-order valence-electron chi connectivity index (χ4n) is 11.7. The lowest BCUT2D eigenvalue weighted by molar-refractivity contribution is -0.194. The Morgan fingerprint density at radius 3 is 1.95 bits per heavy atom. The van der Waals surface area contributed by atoms with Crippen molar-refractivity contribution < 1.29 is 81.4 Å². The topological polar surface area (TPSA) is 267 Å². The van der Waals surface area contributed by atoms with Gasteiger partial charge in [-0.05, 0) is 107 Å². The second-order valence-electron chi connectivity index (χ2n) is 22.9. The first kappa shape index (κ1) is 69.1. The summed E-state index contributed by atoms with van der Waals surface area (Å²) in [5.41, 5.74) is 6.35. The Balaban J connectivity index is 0.877. The van der Waals surface area contributed by atoms with Crippen molar-refractivity contribution in [1.29, 1.82) is 0 Å². The van der Waals surface area contributed by atoms with E-state index in [1.807, 2.05) is 41.8 Å². The molecule has 5 aliphatic rings. The third-order valence-corrected chi connectivity index (χ3v) is 16.0. The van der Waals surface area contributed by atoms with Gasteiger partial charge in [-0.25, -0.2) is 4.79 Å². The molecule has 0 saturated carbocycles. The largest absolute Gasteiger partial charge is 0.493 e. The molecule has 0 spiro atoms. The van der Waals surface area contributed by atoms with Crippen molar-refractivity contribution >= 4 is 55.2 Å². The molecule has 91 heavy (non-hydrogen) atoms. The minimum Gasteiger partial charge on any atom is -0.493 e. The number of rotatable bonds is 31. The van der Waals surface area contributed by atoms with Gasteiger partial charge in [0.25, 0.3) is 11.8 Å². The lowest BCUT2D eigenvalue weighted by atomic mass is 9.80. The van der Waals surface area contributed by atoms with Gasteiger partial charge < -0.3 is 92.8 Å². The Labute approximate surface area is 533 Å². The minimum absolute atomic E-state index is 0.0273. The molecule has 5 atom stereocenters. The summed E-state index contributed by atoms with van der Waals surface area (Å²) in [5, 5.41) is 30.7. The number of hydrogen-bond acceptors (Lipinski definition) is 19. The second kappa shape index (κ2) is 34.0. The smallest absolute Gasteiger partial charge is 0.411 e. The molecule has 5 heterocycles. The Kier molecular flexibility index (Phi) is 25.9. The summed E-state index contributed by atoms with van der Waals surface area (Å²) in [6.45, 7) is 19.8. The van der Waals surface area contributed by atoms with E-state index in [-0.39, 0.29) is 94.7 Å². The number of fused-ring (bicyclic) bond motifs is 4. The van der Waals surface area contributed by atoms with Gasteiger partial charge >= 0.3 is 20.2 Å². The molecule has 3 fully saturated rings. The summed E-state index contributed by atoms with van der Waals surface area (Å²) in [4.78, 5) is 71.9. The number of aryl methyl sites for hydroxylation is 1. The number of methoxy groups -OCH3 is 1. The van der Waals surface area contributed by atoms with Crippen molar-refractivity contribution in [2.75, 3.05) is 116 Å². The SMILES string of the molecule is C#CCOC(=O)NCCC(=O)NCCOCCOCCOCCOCCC(=O)NCC#Cc1cc(COc2cc3c(cc2C)C(=O)N2CC(=C)C[C@H]2[C@H](OC2CCCCO2)N3B(C)O)cc(COc2cc3c(cc2OC)C(=O)N2CC(=C)C[C@H]2[C@H](C)N3B(C)O)c1. The minimum atomic E-state index is -1.06. The van der Waals surface area contributed by atoms with Crippen LogP contribution in [0.25, 0.3) is 0 Å². The van der Waals surface area contributed by atoms with Crippen LogP contribution in [0.2, 0.25) is 13.6 Å². The van der Waals surface area contributed by atoms with Gasteiger partial charge in [0.05, 0.1) is 89.7 Å². The highest BCUT2D eigenvalue weighted by atomic mass is 16.7. The molecule has 3 saturated heterocycles. The molecule has 3 aromatic carbocycles. The third kappa shape index (κ3) is 18.9. The normalized spacial score (nSPS) is 19.2. The highest BCUT2D eigenvalue weighted by molar-refractivity contribution is 6.54. The summed E-state index contributed by atoms with van der Waals surface area (Å²) < 4.78 is 58.6. The lowest BCUT2D eigenvalue weighted by Gasteiger charge is -2.40. The quantitative estimate of drug-likeness (QED) is 0.0255. The average molecular weight is 1260 g/mol. The van der Waals surface area contributed by atoms with Crippen LogP contribution in [0.15, 0.2) is 66.8 Å². The number of carbonyl (C=O) groups excluding carboxylic acids is 5. The summed E-state index contributed by atoms with van der Waals surface area (Å²) >= 11 is 0. The molecule has 26 heteroatoms. The number of nitrogens with zero attached hydrogens (tertiary/aromatic N) is 4. The van der Waals surface area contributed by atoms with Crippen LogP contribution in [0, 0.1) is 31.1 Å². The van der Waals surface area contributed by atoms with Crippen LogP contribution in [0.5, 0.6) is 17.2 Å². The Hall–Kier alpha value is -7.78. The fourth-order valence-corrected chi connectivity index (χ4v) is 11.7. The van der Waals surface area contributed by atoms with E-state index < -0.39 is 38.8 Å². The van der Waals surface area contributed by atoms with Crippen molar-refractivity contribution in [3.05, 3.63) is 100 Å². The molecule has 0 radical (unpaired) electrons. The molecule has 0 aromatic heterocycles. The van der Waals surface area contributed by atoms with E-state index in [4.69, 9.17) is 49.1 Å². The van der Waals surface area contributed by atoms with Crippen LogP contribution in [-0.4, -0.2) is 200 Å². The first-order chi connectivity index (χ1) is 43.9. The maximum Gasteiger partial charge on any atom is 0.411 e. The number of carbonyl (C=O) groups is 5. The van der Waals surface area contributed by atoms with E-state index in [2.05, 4.69) is 51.6 Å². The van der Waals surface area contributed by atoms with E-state index in [9.17, 15) is 34.0 Å². The number of ether oxygens (including phenoxy) is 10. The van der Waals surface area contributed by atoms with Gasteiger partial charge in [0, 0.05) is 80.7 Å².